The van der Waals surface area contributed by atoms with E-state index in [-0.39, 0.29) is 18.2 Å². The summed E-state index contributed by atoms with van der Waals surface area (Å²) in [6.45, 7) is 3.35. The van der Waals surface area contributed by atoms with Crippen molar-refractivity contribution in [3.8, 4) is 0 Å². The number of para-hydroxylation sites is 1. The molecule has 0 unspecified atom stereocenters. The molecule has 3 rings (SSSR count). The first kappa shape index (κ1) is 18.4. The molecule has 136 valence electrons. The number of rotatable bonds is 4. The van der Waals surface area contributed by atoms with E-state index >= 15 is 0 Å². The number of hydrogen-bond acceptors (Lipinski definition) is 2. The number of halogens is 1. The summed E-state index contributed by atoms with van der Waals surface area (Å²) in [6.07, 6.45) is 0.234. The van der Waals surface area contributed by atoms with Crippen molar-refractivity contribution in [3.05, 3.63) is 64.7 Å². The number of likely N-dealkylation sites (N-methyl/N-ethyl adjacent to an activating group) is 1. The first-order valence-electron chi connectivity index (χ1n) is 8.77. The molecule has 0 atom stereocenters. The molecule has 1 heterocycles. The van der Waals surface area contributed by atoms with Crippen molar-refractivity contribution < 1.29 is 14.5 Å². The molecule has 2 N–H and O–H groups in total. The van der Waals surface area contributed by atoms with Gasteiger partial charge in [0.25, 0.3) is 5.91 Å². The van der Waals surface area contributed by atoms with Crippen molar-refractivity contribution in [2.24, 2.45) is 0 Å². The van der Waals surface area contributed by atoms with Crippen molar-refractivity contribution in [1.82, 2.24) is 4.90 Å². The summed E-state index contributed by atoms with van der Waals surface area (Å²) in [6, 6.07) is 14.4. The van der Waals surface area contributed by atoms with Gasteiger partial charge in [0.05, 0.1) is 50.9 Å². The molecule has 0 aliphatic carbocycles. The van der Waals surface area contributed by atoms with Gasteiger partial charge in [-0.15, -0.1) is 0 Å². The molecule has 1 fully saturated rings. The van der Waals surface area contributed by atoms with Gasteiger partial charge in [0.1, 0.15) is 0 Å². The Morgan fingerprint density at radius 3 is 2.42 bits per heavy atom. The lowest BCUT2D eigenvalue weighted by Gasteiger charge is -2.30. The normalized spacial score (nSPS) is 14.9. The number of carbonyl (C=O) groups is 2. The molecule has 1 aliphatic heterocycles. The van der Waals surface area contributed by atoms with Gasteiger partial charge in [0.15, 0.2) is 0 Å². The number of hydrogen-bond donors (Lipinski definition) is 2. The van der Waals surface area contributed by atoms with Gasteiger partial charge in [-0.1, -0.05) is 35.9 Å². The van der Waals surface area contributed by atoms with Crippen LogP contribution < -0.4 is 10.2 Å². The van der Waals surface area contributed by atoms with Crippen molar-refractivity contribution in [2.75, 3.05) is 38.5 Å². The molecule has 0 spiro atoms. The van der Waals surface area contributed by atoms with Crippen LogP contribution in [0.5, 0.6) is 0 Å². The maximum atomic E-state index is 12.9. The average Bonchev–Trinajstić information content (AvgIpc) is 2.64. The van der Waals surface area contributed by atoms with Crippen LogP contribution in [-0.4, -0.2) is 49.9 Å². The van der Waals surface area contributed by atoms with Crippen LogP contribution in [-0.2, 0) is 11.2 Å². The zero-order chi connectivity index (χ0) is 18.5. The molecule has 1 aliphatic rings. The van der Waals surface area contributed by atoms with E-state index in [1.807, 2.05) is 29.2 Å². The minimum Gasteiger partial charge on any atom is -0.334 e. The van der Waals surface area contributed by atoms with E-state index in [1.165, 1.54) is 4.90 Å². The molecule has 0 saturated carbocycles. The second-order valence-electron chi connectivity index (χ2n) is 6.65. The van der Waals surface area contributed by atoms with Crippen LogP contribution in [0.25, 0.3) is 0 Å². The molecule has 0 bridgehead atoms. The van der Waals surface area contributed by atoms with E-state index in [0.717, 1.165) is 31.7 Å². The minimum atomic E-state index is -0.157. The molecule has 2 amide bonds. The molecular formula is C20H23ClN3O2+. The number of carbonyl (C=O) groups excluding carboxylic acids is 2. The lowest BCUT2D eigenvalue weighted by molar-refractivity contribution is -0.883. The Bertz CT molecular complexity index is 784. The van der Waals surface area contributed by atoms with E-state index in [2.05, 4.69) is 12.4 Å². The number of benzene rings is 2. The summed E-state index contributed by atoms with van der Waals surface area (Å²) in [4.78, 5) is 28.5. The molecule has 2 aromatic carbocycles. The molecule has 26 heavy (non-hydrogen) atoms. The van der Waals surface area contributed by atoms with Crippen molar-refractivity contribution in [1.29, 1.82) is 0 Å². The van der Waals surface area contributed by atoms with Gasteiger partial charge in [-0.3, -0.25) is 9.59 Å². The Hall–Kier alpha value is -2.37. The first-order valence-corrected chi connectivity index (χ1v) is 9.14. The molecule has 5 nitrogen and oxygen atoms in total. The van der Waals surface area contributed by atoms with E-state index in [0.29, 0.717) is 16.3 Å². The SMILES string of the molecule is C[NH+]1CCN(C(=O)c2ccccc2NC(=O)Cc2ccc(Cl)cc2)CC1. The standard InChI is InChI=1S/C20H22ClN3O2/c1-23-10-12-24(13-11-23)20(26)17-4-2-3-5-18(17)22-19(25)14-15-6-8-16(21)9-7-15/h2-9H,10-14H2,1H3,(H,22,25)/p+1. The quantitative estimate of drug-likeness (QED) is 0.854. The van der Waals surface area contributed by atoms with Gasteiger partial charge in [-0.05, 0) is 29.8 Å². The summed E-state index contributed by atoms with van der Waals surface area (Å²) >= 11 is 5.87. The average molecular weight is 373 g/mol. The third-order valence-electron chi connectivity index (χ3n) is 4.61. The topological polar surface area (TPSA) is 53.9 Å². The van der Waals surface area contributed by atoms with Crippen molar-refractivity contribution in [3.63, 3.8) is 0 Å². The molecular weight excluding hydrogens is 350 g/mol. The lowest BCUT2D eigenvalue weighted by atomic mass is 10.1. The van der Waals surface area contributed by atoms with Crippen LogP contribution in [0.1, 0.15) is 15.9 Å². The zero-order valence-electron chi connectivity index (χ0n) is 14.8. The van der Waals surface area contributed by atoms with Crippen LogP contribution in [0.2, 0.25) is 5.02 Å². The number of nitrogens with one attached hydrogen (secondary N) is 2. The molecule has 0 aromatic heterocycles. The molecule has 6 heteroatoms. The predicted molar refractivity (Wildman–Crippen MR) is 103 cm³/mol. The fourth-order valence-electron chi connectivity index (χ4n) is 3.02. The maximum Gasteiger partial charge on any atom is 0.256 e. The summed E-state index contributed by atoms with van der Waals surface area (Å²) in [5, 5.41) is 3.52. The fraction of sp³-hybridized carbons (Fsp3) is 0.300. The van der Waals surface area contributed by atoms with Gasteiger partial charge >= 0.3 is 0 Å². The Labute approximate surface area is 158 Å². The first-order chi connectivity index (χ1) is 12.5. The predicted octanol–water partition coefficient (Wildman–Crippen LogP) is 1.49. The highest BCUT2D eigenvalue weighted by molar-refractivity contribution is 6.30. The highest BCUT2D eigenvalue weighted by Crippen LogP contribution is 2.18. The highest BCUT2D eigenvalue weighted by atomic mass is 35.5. The van der Waals surface area contributed by atoms with E-state index in [1.54, 1.807) is 24.3 Å². The smallest absolute Gasteiger partial charge is 0.256 e. The summed E-state index contributed by atoms with van der Waals surface area (Å²) in [5.41, 5.74) is 1.97. The van der Waals surface area contributed by atoms with Gasteiger partial charge < -0.3 is 15.1 Å². The summed E-state index contributed by atoms with van der Waals surface area (Å²) in [5.74, 6) is -0.185. The number of nitrogens with zero attached hydrogens (tertiary/aromatic N) is 1. The lowest BCUT2D eigenvalue weighted by Crippen LogP contribution is -3.12. The van der Waals surface area contributed by atoms with Gasteiger partial charge in [0.2, 0.25) is 5.91 Å². The third kappa shape index (κ3) is 4.62. The zero-order valence-corrected chi connectivity index (χ0v) is 15.6. The Morgan fingerprint density at radius 1 is 1.08 bits per heavy atom. The number of piperazine rings is 1. The van der Waals surface area contributed by atoms with Gasteiger partial charge in [0, 0.05) is 5.02 Å². The van der Waals surface area contributed by atoms with Gasteiger partial charge in [-0.2, -0.15) is 0 Å². The third-order valence-corrected chi connectivity index (χ3v) is 4.87. The van der Waals surface area contributed by atoms with Crippen LogP contribution >= 0.6 is 11.6 Å². The number of quaternary nitrogens is 1. The van der Waals surface area contributed by atoms with Gasteiger partial charge in [-0.25, -0.2) is 0 Å². The number of amides is 2. The van der Waals surface area contributed by atoms with E-state index < -0.39 is 0 Å². The monoisotopic (exact) mass is 372 g/mol. The fourth-order valence-corrected chi connectivity index (χ4v) is 3.15. The van der Waals surface area contributed by atoms with Crippen molar-refractivity contribution >= 4 is 29.1 Å². The number of anilines is 1. The Kier molecular flexibility index (Phi) is 5.91. The Morgan fingerprint density at radius 2 is 1.73 bits per heavy atom. The summed E-state index contributed by atoms with van der Waals surface area (Å²) < 4.78 is 0. The van der Waals surface area contributed by atoms with Crippen LogP contribution in [0, 0.1) is 0 Å². The Balaban J connectivity index is 1.69. The molecule has 0 radical (unpaired) electrons. The molecule has 1 saturated heterocycles. The second kappa shape index (κ2) is 8.34. The second-order valence-corrected chi connectivity index (χ2v) is 7.08. The van der Waals surface area contributed by atoms with Crippen LogP contribution in [0.4, 0.5) is 5.69 Å². The van der Waals surface area contributed by atoms with Crippen molar-refractivity contribution in [2.45, 2.75) is 6.42 Å². The van der Waals surface area contributed by atoms with E-state index in [9.17, 15) is 9.59 Å². The van der Waals surface area contributed by atoms with Crippen LogP contribution in [0.3, 0.4) is 0 Å². The van der Waals surface area contributed by atoms with Crippen LogP contribution in [0.15, 0.2) is 48.5 Å². The highest BCUT2D eigenvalue weighted by Gasteiger charge is 2.24. The maximum absolute atomic E-state index is 12.9. The summed E-state index contributed by atoms with van der Waals surface area (Å²) in [7, 11) is 2.13. The molecule has 2 aromatic rings. The van der Waals surface area contributed by atoms with E-state index in [4.69, 9.17) is 11.6 Å². The largest absolute Gasteiger partial charge is 0.334 e. The minimum absolute atomic E-state index is 0.0279.